The highest BCUT2D eigenvalue weighted by atomic mass is 16.7. The normalized spacial score (nSPS) is 30.0. The summed E-state index contributed by atoms with van der Waals surface area (Å²) in [4.78, 5) is 58.1. The summed E-state index contributed by atoms with van der Waals surface area (Å²) in [5.41, 5.74) is -2.19. The second-order valence-electron chi connectivity index (χ2n) is 5.91. The number of ketones is 1. The number of aliphatic hydroxyl groups excluding tert-OH is 1. The Kier molecular flexibility index (Phi) is 7.43. The van der Waals surface area contributed by atoms with Crippen LogP contribution in [-0.4, -0.2) is 71.6 Å². The molecule has 0 aromatic carbocycles. The van der Waals surface area contributed by atoms with Gasteiger partial charge in [-0.25, -0.2) is 0 Å². The first-order valence-electron chi connectivity index (χ1n) is 7.92. The van der Waals surface area contributed by atoms with Crippen LogP contribution in [0.1, 0.15) is 34.6 Å². The van der Waals surface area contributed by atoms with Crippen LogP contribution in [0.2, 0.25) is 0 Å². The predicted molar refractivity (Wildman–Crippen MR) is 83.8 cm³/mol. The van der Waals surface area contributed by atoms with Crippen LogP contribution in [0.15, 0.2) is 0 Å². The van der Waals surface area contributed by atoms with E-state index in [0.29, 0.717) is 0 Å². The van der Waals surface area contributed by atoms with Crippen LogP contribution in [0.5, 0.6) is 0 Å². The molecule has 0 aromatic heterocycles. The SMILES string of the molecule is CC(=O)OC[C@@]1(C(C)=O)O[C@H](O)[C@@H](OC(C)=O)[C@@H](OC(C)=O)[C@@H]1OC(C)=O. The molecule has 1 fully saturated rings. The van der Waals surface area contributed by atoms with Crippen molar-refractivity contribution in [3.63, 3.8) is 0 Å². The molecule has 1 aliphatic heterocycles. The fraction of sp³-hybridized carbons (Fsp3) is 0.688. The van der Waals surface area contributed by atoms with Gasteiger partial charge in [0, 0.05) is 27.7 Å². The largest absolute Gasteiger partial charge is 0.462 e. The topological polar surface area (TPSA) is 152 Å². The zero-order chi connectivity index (χ0) is 20.9. The third-order valence-electron chi connectivity index (χ3n) is 3.68. The molecule has 1 heterocycles. The second kappa shape index (κ2) is 8.91. The average Bonchev–Trinajstić information content (AvgIpc) is 2.50. The lowest BCUT2D eigenvalue weighted by Crippen LogP contribution is -2.71. The zero-order valence-electron chi connectivity index (χ0n) is 15.5. The minimum absolute atomic E-state index is 0.739. The van der Waals surface area contributed by atoms with Crippen molar-refractivity contribution in [2.24, 2.45) is 0 Å². The molecule has 1 rings (SSSR count). The summed E-state index contributed by atoms with van der Waals surface area (Å²) in [5, 5.41) is 10.3. The van der Waals surface area contributed by atoms with Crippen LogP contribution in [-0.2, 0) is 47.7 Å². The number of aliphatic hydroxyl groups is 1. The standard InChI is InChI=1S/C16H22O11/c1-7(17)16(6-23-8(2)18)14(26-11(5)21)12(24-9(3)19)13(15(22)27-16)25-10(4)20/h12-15,22H,6H2,1-5H3/t12-,13+,14+,15+,16+/m1/s1. The maximum absolute atomic E-state index is 12.4. The van der Waals surface area contributed by atoms with Gasteiger partial charge in [-0.3, -0.25) is 24.0 Å². The molecular formula is C16H22O11. The Morgan fingerprint density at radius 2 is 1.30 bits per heavy atom. The van der Waals surface area contributed by atoms with E-state index < -0.39 is 66.5 Å². The van der Waals surface area contributed by atoms with E-state index in [1.165, 1.54) is 0 Å². The van der Waals surface area contributed by atoms with Gasteiger partial charge in [-0.1, -0.05) is 0 Å². The Morgan fingerprint density at radius 1 is 0.815 bits per heavy atom. The second-order valence-corrected chi connectivity index (χ2v) is 5.91. The first-order chi connectivity index (χ1) is 12.4. The summed E-state index contributed by atoms with van der Waals surface area (Å²) < 4.78 is 25.3. The summed E-state index contributed by atoms with van der Waals surface area (Å²) in [6.45, 7) is 4.45. The molecule has 0 saturated carbocycles. The van der Waals surface area contributed by atoms with Crippen molar-refractivity contribution in [1.82, 2.24) is 0 Å². The highest BCUT2D eigenvalue weighted by molar-refractivity contribution is 5.87. The summed E-state index contributed by atoms with van der Waals surface area (Å²) in [5.74, 6) is -4.16. The Balaban J connectivity index is 3.49. The zero-order valence-corrected chi connectivity index (χ0v) is 15.5. The maximum Gasteiger partial charge on any atom is 0.303 e. The van der Waals surface area contributed by atoms with E-state index in [2.05, 4.69) is 0 Å². The Labute approximate surface area is 154 Å². The van der Waals surface area contributed by atoms with E-state index in [4.69, 9.17) is 23.7 Å². The van der Waals surface area contributed by atoms with E-state index in [1.807, 2.05) is 0 Å². The van der Waals surface area contributed by atoms with Gasteiger partial charge in [0.15, 0.2) is 30.4 Å². The smallest absolute Gasteiger partial charge is 0.303 e. The summed E-state index contributed by atoms with van der Waals surface area (Å²) >= 11 is 0. The Hall–Kier alpha value is -2.53. The average molecular weight is 390 g/mol. The molecule has 11 heteroatoms. The van der Waals surface area contributed by atoms with Gasteiger partial charge in [0.1, 0.15) is 6.61 Å². The number of rotatable bonds is 6. The van der Waals surface area contributed by atoms with E-state index in [0.717, 1.165) is 34.6 Å². The summed E-state index contributed by atoms with van der Waals surface area (Å²) in [6, 6.07) is 0. The molecule has 1 aliphatic rings. The first-order valence-corrected chi connectivity index (χ1v) is 7.92. The Morgan fingerprint density at radius 3 is 1.70 bits per heavy atom. The van der Waals surface area contributed by atoms with Gasteiger partial charge in [-0.2, -0.15) is 0 Å². The number of ether oxygens (including phenoxy) is 5. The van der Waals surface area contributed by atoms with Crippen LogP contribution in [0, 0.1) is 0 Å². The molecule has 1 N–H and O–H groups in total. The van der Waals surface area contributed by atoms with Crippen LogP contribution < -0.4 is 0 Å². The van der Waals surface area contributed by atoms with Crippen LogP contribution in [0.25, 0.3) is 0 Å². The summed E-state index contributed by atoms with van der Waals surface area (Å²) in [7, 11) is 0. The number of hydrogen-bond acceptors (Lipinski definition) is 11. The molecule has 0 amide bonds. The molecule has 0 aromatic rings. The van der Waals surface area contributed by atoms with Gasteiger partial charge in [0.2, 0.25) is 5.60 Å². The molecule has 0 aliphatic carbocycles. The molecule has 0 bridgehead atoms. The molecule has 11 nitrogen and oxygen atoms in total. The van der Waals surface area contributed by atoms with E-state index >= 15 is 0 Å². The molecule has 0 radical (unpaired) electrons. The maximum atomic E-state index is 12.4. The van der Waals surface area contributed by atoms with Crippen molar-refractivity contribution in [2.45, 2.75) is 64.8 Å². The molecule has 0 unspecified atom stereocenters. The highest BCUT2D eigenvalue weighted by Gasteiger charge is 2.62. The third-order valence-corrected chi connectivity index (χ3v) is 3.68. The lowest BCUT2D eigenvalue weighted by molar-refractivity contribution is -0.320. The van der Waals surface area contributed by atoms with Gasteiger partial charge >= 0.3 is 23.9 Å². The van der Waals surface area contributed by atoms with Gasteiger partial charge in [0.05, 0.1) is 0 Å². The number of carbonyl (C=O) groups excluding carboxylic acids is 5. The lowest BCUT2D eigenvalue weighted by atomic mass is 9.83. The molecule has 152 valence electrons. The molecule has 5 atom stereocenters. The fourth-order valence-corrected chi connectivity index (χ4v) is 2.64. The van der Waals surface area contributed by atoms with Crippen molar-refractivity contribution < 1.29 is 52.8 Å². The van der Waals surface area contributed by atoms with Crippen molar-refractivity contribution in [1.29, 1.82) is 0 Å². The minimum Gasteiger partial charge on any atom is -0.462 e. The minimum atomic E-state index is -2.19. The van der Waals surface area contributed by atoms with Crippen LogP contribution >= 0.6 is 0 Å². The van der Waals surface area contributed by atoms with Gasteiger partial charge in [-0.15, -0.1) is 0 Å². The van der Waals surface area contributed by atoms with Crippen molar-refractivity contribution >= 4 is 29.7 Å². The highest BCUT2D eigenvalue weighted by Crippen LogP contribution is 2.36. The lowest BCUT2D eigenvalue weighted by Gasteiger charge is -2.48. The van der Waals surface area contributed by atoms with Gasteiger partial charge < -0.3 is 28.8 Å². The first kappa shape index (κ1) is 22.5. The Bertz CT molecular complexity index is 628. The number of Topliss-reactive ketones (excluding diaryl/α,β-unsaturated/α-hetero) is 1. The molecule has 0 spiro atoms. The van der Waals surface area contributed by atoms with Gasteiger partial charge in [-0.05, 0) is 6.92 Å². The molecule has 27 heavy (non-hydrogen) atoms. The van der Waals surface area contributed by atoms with E-state index in [1.54, 1.807) is 0 Å². The van der Waals surface area contributed by atoms with E-state index in [9.17, 15) is 29.1 Å². The monoisotopic (exact) mass is 390 g/mol. The quantitative estimate of drug-likeness (QED) is 0.440. The van der Waals surface area contributed by atoms with Crippen molar-refractivity contribution in [3.8, 4) is 0 Å². The van der Waals surface area contributed by atoms with Gasteiger partial charge in [0.25, 0.3) is 0 Å². The molecular weight excluding hydrogens is 368 g/mol. The number of carbonyl (C=O) groups is 5. The van der Waals surface area contributed by atoms with Crippen molar-refractivity contribution in [3.05, 3.63) is 0 Å². The molecule has 1 saturated heterocycles. The third kappa shape index (κ3) is 5.47. The number of hydrogen-bond donors (Lipinski definition) is 1. The fourth-order valence-electron chi connectivity index (χ4n) is 2.64. The van der Waals surface area contributed by atoms with Crippen LogP contribution in [0.3, 0.4) is 0 Å². The van der Waals surface area contributed by atoms with Crippen LogP contribution in [0.4, 0.5) is 0 Å². The van der Waals surface area contributed by atoms with Crippen molar-refractivity contribution in [2.75, 3.05) is 6.61 Å². The summed E-state index contributed by atoms with van der Waals surface area (Å²) in [6.07, 6.45) is -6.80. The number of esters is 4. The van der Waals surface area contributed by atoms with E-state index in [-0.39, 0.29) is 0 Å². The predicted octanol–water partition coefficient (Wildman–Crippen LogP) is -0.979.